The zero-order chi connectivity index (χ0) is 27.7. The SMILES string of the molecule is CCS(=O)(=O)c1ccc(CC(=O)Nc2cnc3c(c2)CN(Cc2ccc(C(F)(F)F)cc2)C3C(C)C)cc1. The molecule has 1 amide bonds. The van der Waals surface area contributed by atoms with E-state index in [4.69, 9.17) is 0 Å². The molecule has 0 fully saturated rings. The number of carbonyl (C=O) groups excluding carboxylic acids is 1. The van der Waals surface area contributed by atoms with Gasteiger partial charge in [-0.15, -0.1) is 0 Å². The van der Waals surface area contributed by atoms with Crippen molar-refractivity contribution in [1.29, 1.82) is 0 Å². The molecular formula is C28H30F3N3O3S. The van der Waals surface area contributed by atoms with E-state index in [2.05, 4.69) is 29.0 Å². The van der Waals surface area contributed by atoms with Gasteiger partial charge in [0.25, 0.3) is 0 Å². The van der Waals surface area contributed by atoms with E-state index in [9.17, 15) is 26.4 Å². The molecule has 0 radical (unpaired) electrons. The number of aromatic nitrogens is 1. The van der Waals surface area contributed by atoms with Crippen LogP contribution in [-0.4, -0.2) is 30.0 Å². The molecule has 0 spiro atoms. The number of sulfone groups is 1. The molecule has 10 heteroatoms. The Kier molecular flexibility index (Phi) is 7.94. The van der Waals surface area contributed by atoms with Gasteiger partial charge in [0.2, 0.25) is 5.91 Å². The van der Waals surface area contributed by atoms with Crippen LogP contribution in [0.1, 0.15) is 54.8 Å². The second-order valence-electron chi connectivity index (χ2n) is 9.83. The van der Waals surface area contributed by atoms with Crippen molar-refractivity contribution in [3.05, 3.63) is 88.7 Å². The van der Waals surface area contributed by atoms with Crippen molar-refractivity contribution in [2.45, 2.75) is 57.4 Å². The second kappa shape index (κ2) is 10.9. The zero-order valence-electron chi connectivity index (χ0n) is 21.4. The first kappa shape index (κ1) is 27.8. The van der Waals surface area contributed by atoms with Gasteiger partial charge in [0.1, 0.15) is 0 Å². The van der Waals surface area contributed by atoms with E-state index in [-0.39, 0.29) is 34.9 Å². The van der Waals surface area contributed by atoms with Gasteiger partial charge >= 0.3 is 6.18 Å². The topological polar surface area (TPSA) is 79.4 Å². The Hall–Kier alpha value is -3.24. The van der Waals surface area contributed by atoms with Crippen LogP contribution < -0.4 is 5.32 Å². The fourth-order valence-corrected chi connectivity index (χ4v) is 5.65. The van der Waals surface area contributed by atoms with E-state index >= 15 is 0 Å². The fourth-order valence-electron chi connectivity index (χ4n) is 4.77. The number of amides is 1. The molecule has 1 aromatic heterocycles. The average molecular weight is 546 g/mol. The van der Waals surface area contributed by atoms with Gasteiger partial charge in [-0.05, 0) is 52.9 Å². The first-order chi connectivity index (χ1) is 17.9. The number of anilines is 1. The Bertz CT molecular complexity index is 1400. The largest absolute Gasteiger partial charge is 0.416 e. The number of nitrogens with one attached hydrogen (secondary N) is 1. The number of hydrogen-bond donors (Lipinski definition) is 1. The predicted octanol–water partition coefficient (Wildman–Crippen LogP) is 5.79. The number of carbonyl (C=O) groups is 1. The molecule has 6 nitrogen and oxygen atoms in total. The van der Waals surface area contributed by atoms with Gasteiger partial charge in [0, 0.05) is 13.1 Å². The summed E-state index contributed by atoms with van der Waals surface area (Å²) in [6.07, 6.45) is -2.67. The number of nitrogens with zero attached hydrogens (tertiary/aromatic N) is 2. The van der Waals surface area contributed by atoms with Gasteiger partial charge in [0.15, 0.2) is 9.84 Å². The van der Waals surface area contributed by atoms with E-state index in [0.717, 1.165) is 29.0 Å². The summed E-state index contributed by atoms with van der Waals surface area (Å²) in [5, 5.41) is 2.86. The van der Waals surface area contributed by atoms with Crippen LogP contribution in [-0.2, 0) is 40.3 Å². The van der Waals surface area contributed by atoms with Crippen molar-refractivity contribution in [3.63, 3.8) is 0 Å². The van der Waals surface area contributed by atoms with Crippen molar-refractivity contribution in [3.8, 4) is 0 Å². The maximum atomic E-state index is 12.9. The van der Waals surface area contributed by atoms with E-state index in [1.807, 2.05) is 6.07 Å². The molecule has 0 aliphatic carbocycles. The molecule has 4 rings (SSSR count). The fraction of sp³-hybridized carbons (Fsp3) is 0.357. The molecule has 0 bridgehead atoms. The highest BCUT2D eigenvalue weighted by molar-refractivity contribution is 7.91. The summed E-state index contributed by atoms with van der Waals surface area (Å²) >= 11 is 0. The molecule has 2 aromatic carbocycles. The summed E-state index contributed by atoms with van der Waals surface area (Å²) in [6.45, 7) is 6.77. The lowest BCUT2D eigenvalue weighted by Crippen LogP contribution is -2.25. The number of alkyl halides is 3. The van der Waals surface area contributed by atoms with Crippen LogP contribution in [0.4, 0.5) is 18.9 Å². The Morgan fingerprint density at radius 1 is 1.08 bits per heavy atom. The van der Waals surface area contributed by atoms with Gasteiger partial charge in [-0.25, -0.2) is 8.42 Å². The molecule has 1 N–H and O–H groups in total. The number of fused-ring (bicyclic) bond motifs is 1. The monoisotopic (exact) mass is 545 g/mol. The summed E-state index contributed by atoms with van der Waals surface area (Å²) in [5.41, 5.74) is 3.21. The minimum atomic E-state index is -4.37. The number of pyridine rings is 1. The first-order valence-corrected chi connectivity index (χ1v) is 14.0. The Morgan fingerprint density at radius 2 is 1.71 bits per heavy atom. The molecule has 0 saturated heterocycles. The van der Waals surface area contributed by atoms with Crippen LogP contribution in [0.15, 0.2) is 65.7 Å². The molecule has 1 aliphatic rings. The third-order valence-corrected chi connectivity index (χ3v) is 8.41. The summed E-state index contributed by atoms with van der Waals surface area (Å²) in [4.78, 5) is 19.7. The second-order valence-corrected chi connectivity index (χ2v) is 12.1. The lowest BCUT2D eigenvalue weighted by atomic mass is 9.99. The van der Waals surface area contributed by atoms with E-state index in [1.54, 1.807) is 25.3 Å². The van der Waals surface area contributed by atoms with E-state index in [0.29, 0.717) is 24.3 Å². The van der Waals surface area contributed by atoms with Crippen molar-refractivity contribution >= 4 is 21.4 Å². The van der Waals surface area contributed by atoms with Crippen LogP contribution in [0.25, 0.3) is 0 Å². The van der Waals surface area contributed by atoms with Crippen LogP contribution in [0.5, 0.6) is 0 Å². The third-order valence-electron chi connectivity index (χ3n) is 6.66. The standard InChI is InChI=1S/C28H30F3N3O3S/c1-4-38(36,37)24-11-7-19(8-12-24)13-25(35)33-23-14-21-17-34(27(18(2)3)26(21)32-15-23)16-20-5-9-22(10-6-20)28(29,30)31/h5-12,14-15,18,27H,4,13,16-17H2,1-3H3,(H,33,35). The molecule has 38 heavy (non-hydrogen) atoms. The maximum absolute atomic E-state index is 12.9. The normalized spacial score (nSPS) is 16.0. The lowest BCUT2D eigenvalue weighted by Gasteiger charge is -2.27. The highest BCUT2D eigenvalue weighted by Gasteiger charge is 2.34. The van der Waals surface area contributed by atoms with Gasteiger partial charge in [-0.1, -0.05) is 45.0 Å². The summed E-state index contributed by atoms with van der Waals surface area (Å²) in [7, 11) is -3.30. The minimum absolute atomic E-state index is 0.00467. The van der Waals surface area contributed by atoms with Gasteiger partial charge in [0.05, 0.1) is 46.3 Å². The average Bonchev–Trinajstić information content (AvgIpc) is 3.21. The molecule has 1 atom stereocenters. The highest BCUT2D eigenvalue weighted by Crippen LogP contribution is 2.39. The van der Waals surface area contributed by atoms with Crippen LogP contribution in [0, 0.1) is 5.92 Å². The van der Waals surface area contributed by atoms with Crippen LogP contribution in [0.2, 0.25) is 0 Å². The highest BCUT2D eigenvalue weighted by atomic mass is 32.2. The minimum Gasteiger partial charge on any atom is -0.324 e. The summed E-state index contributed by atoms with van der Waals surface area (Å²) < 4.78 is 62.7. The molecule has 1 aliphatic heterocycles. The molecule has 2 heterocycles. The predicted molar refractivity (Wildman–Crippen MR) is 139 cm³/mol. The molecular weight excluding hydrogens is 515 g/mol. The lowest BCUT2D eigenvalue weighted by molar-refractivity contribution is -0.137. The van der Waals surface area contributed by atoms with Crippen LogP contribution in [0.3, 0.4) is 0 Å². The Labute approximate surface area is 220 Å². The summed E-state index contributed by atoms with van der Waals surface area (Å²) in [6, 6.07) is 13.4. The summed E-state index contributed by atoms with van der Waals surface area (Å²) in [5.74, 6) is -0.0200. The number of hydrogen-bond acceptors (Lipinski definition) is 5. The van der Waals surface area contributed by atoms with Crippen molar-refractivity contribution < 1.29 is 26.4 Å². The van der Waals surface area contributed by atoms with Gasteiger partial charge < -0.3 is 5.32 Å². The molecule has 0 saturated carbocycles. The van der Waals surface area contributed by atoms with Gasteiger partial charge in [-0.2, -0.15) is 13.2 Å². The van der Waals surface area contributed by atoms with Crippen molar-refractivity contribution in [1.82, 2.24) is 9.88 Å². The van der Waals surface area contributed by atoms with E-state index in [1.165, 1.54) is 24.3 Å². The van der Waals surface area contributed by atoms with Gasteiger partial charge in [-0.3, -0.25) is 14.7 Å². The zero-order valence-corrected chi connectivity index (χ0v) is 22.2. The maximum Gasteiger partial charge on any atom is 0.416 e. The molecule has 3 aromatic rings. The molecule has 1 unspecified atom stereocenters. The number of halogens is 3. The Balaban J connectivity index is 1.44. The first-order valence-electron chi connectivity index (χ1n) is 12.4. The smallest absolute Gasteiger partial charge is 0.324 e. The quantitative estimate of drug-likeness (QED) is 0.388. The molecule has 202 valence electrons. The van der Waals surface area contributed by atoms with Crippen LogP contribution >= 0.6 is 0 Å². The Morgan fingerprint density at radius 3 is 2.29 bits per heavy atom. The number of rotatable bonds is 8. The van der Waals surface area contributed by atoms with Crippen molar-refractivity contribution in [2.24, 2.45) is 5.92 Å². The van der Waals surface area contributed by atoms with Crippen molar-refractivity contribution in [2.75, 3.05) is 11.1 Å². The number of benzene rings is 2. The third kappa shape index (κ3) is 6.24. The van der Waals surface area contributed by atoms with E-state index < -0.39 is 21.6 Å².